The highest BCUT2D eigenvalue weighted by Crippen LogP contribution is 2.63. The Morgan fingerprint density at radius 2 is 0.812 bits per heavy atom. The topological polar surface area (TPSA) is 35.5 Å². The summed E-state index contributed by atoms with van der Waals surface area (Å²) in [7, 11) is 0. The number of allylic oxidation sites excluding steroid dienone is 2. The Hall–Kier alpha value is -2.96. The van der Waals surface area contributed by atoms with Gasteiger partial charge in [0.05, 0.1) is 5.57 Å². The fourth-order valence-electron chi connectivity index (χ4n) is 4.32. The van der Waals surface area contributed by atoms with Gasteiger partial charge in [0, 0.05) is 6.42 Å². The lowest BCUT2D eigenvalue weighted by Crippen LogP contribution is -2.67. The number of alkyl halides is 17. The minimum absolute atomic E-state index is 0.0919. The maximum Gasteiger partial charge on any atom is 0.449 e. The van der Waals surface area contributed by atoms with Gasteiger partial charge in [0.15, 0.2) is 0 Å². The van der Waals surface area contributed by atoms with Crippen molar-refractivity contribution in [2.24, 2.45) is 0 Å². The molecule has 20 heteroatoms. The van der Waals surface area contributed by atoms with E-state index in [2.05, 4.69) is 11.7 Å². The van der Waals surface area contributed by atoms with Crippen molar-refractivity contribution in [3.63, 3.8) is 0 Å². The zero-order valence-corrected chi connectivity index (χ0v) is 24.7. The molecule has 1 aromatic rings. The van der Waals surface area contributed by atoms with Crippen LogP contribution in [0.5, 0.6) is 11.5 Å². The van der Waals surface area contributed by atoms with Gasteiger partial charge in [0.25, 0.3) is 0 Å². The molecular formula is C28H29F17O3. The van der Waals surface area contributed by atoms with E-state index in [0.717, 1.165) is 51.4 Å². The van der Waals surface area contributed by atoms with Gasteiger partial charge in [-0.2, -0.15) is 65.9 Å². The van der Waals surface area contributed by atoms with E-state index in [-0.39, 0.29) is 18.6 Å². The number of hydrogen-bond acceptors (Lipinski definition) is 3. The molecule has 0 aliphatic heterocycles. The van der Waals surface area contributed by atoms with Crippen LogP contribution in [0, 0.1) is 0 Å². The molecule has 0 bridgehead atoms. The molecule has 0 aliphatic carbocycles. The maximum absolute atomic E-state index is 14.8. The van der Waals surface area contributed by atoms with Gasteiger partial charge in [0.2, 0.25) is 5.76 Å². The number of rotatable bonds is 16. The number of unbranched alkanes of at least 4 members (excludes halogenated alkanes) is 9. The highest BCUT2D eigenvalue weighted by molar-refractivity contribution is 5.72. The van der Waals surface area contributed by atoms with E-state index >= 15 is 0 Å². The summed E-state index contributed by atoms with van der Waals surface area (Å²) in [4.78, 5) is 12.0. The van der Waals surface area contributed by atoms with Gasteiger partial charge in [-0.15, -0.1) is 0 Å². The SMILES string of the molecule is CCCCCCCCCCCCC(=O)Oc1ccc(OC(=C(C(F)(C(F)(F)F)C(F)(F)F)C(F)(C(F)(F)F)C(F)(F)F)C(F)(F)F)cc1. The van der Waals surface area contributed by atoms with Crippen molar-refractivity contribution in [1.29, 1.82) is 0 Å². The molecule has 0 atom stereocenters. The first kappa shape index (κ1) is 43.1. The molecule has 0 amide bonds. The first-order chi connectivity index (χ1) is 21.7. The van der Waals surface area contributed by atoms with Crippen molar-refractivity contribution in [2.75, 3.05) is 0 Å². The number of halogens is 17. The number of carbonyl (C=O) groups excluding carboxylic acids is 1. The highest BCUT2D eigenvalue weighted by atomic mass is 19.4. The Morgan fingerprint density at radius 3 is 1.12 bits per heavy atom. The van der Waals surface area contributed by atoms with E-state index in [4.69, 9.17) is 4.74 Å². The Balaban J connectivity index is 3.42. The summed E-state index contributed by atoms with van der Waals surface area (Å²) < 4.78 is 239. The summed E-state index contributed by atoms with van der Waals surface area (Å²) in [5, 5.41) is 0. The predicted molar refractivity (Wildman–Crippen MR) is 134 cm³/mol. The van der Waals surface area contributed by atoms with E-state index in [0.29, 0.717) is 25.0 Å². The van der Waals surface area contributed by atoms with Crippen molar-refractivity contribution in [3.05, 3.63) is 35.6 Å². The fourth-order valence-corrected chi connectivity index (χ4v) is 4.32. The van der Waals surface area contributed by atoms with E-state index in [1.165, 1.54) is 0 Å². The molecular weight excluding hydrogens is 707 g/mol. The first-order valence-electron chi connectivity index (χ1n) is 14.1. The van der Waals surface area contributed by atoms with Crippen molar-refractivity contribution in [2.45, 2.75) is 120 Å². The van der Waals surface area contributed by atoms with Gasteiger partial charge in [-0.05, 0) is 30.7 Å². The molecule has 0 fully saturated rings. The summed E-state index contributed by atoms with van der Waals surface area (Å²) >= 11 is 0. The molecule has 0 N–H and O–H groups in total. The van der Waals surface area contributed by atoms with Crippen molar-refractivity contribution in [3.8, 4) is 11.5 Å². The summed E-state index contributed by atoms with van der Waals surface area (Å²) in [5.41, 5.74) is -22.1. The molecule has 1 aromatic carbocycles. The molecule has 1 rings (SSSR count). The molecule has 0 aromatic heterocycles. The van der Waals surface area contributed by atoms with Crippen LogP contribution in [0.2, 0.25) is 0 Å². The number of carbonyl (C=O) groups is 1. The van der Waals surface area contributed by atoms with Crippen molar-refractivity contribution < 1.29 is 88.9 Å². The second-order valence-corrected chi connectivity index (χ2v) is 10.5. The average molecular weight is 737 g/mol. The van der Waals surface area contributed by atoms with Crippen LogP contribution in [0.25, 0.3) is 0 Å². The smallest absolute Gasteiger partial charge is 0.449 e. The molecule has 0 spiro atoms. The third-order valence-electron chi connectivity index (χ3n) is 6.75. The number of benzene rings is 1. The van der Waals surface area contributed by atoms with Crippen LogP contribution in [0.15, 0.2) is 35.6 Å². The Kier molecular flexibility index (Phi) is 14.5. The van der Waals surface area contributed by atoms with Crippen LogP contribution in [-0.4, -0.2) is 48.2 Å². The van der Waals surface area contributed by atoms with Crippen LogP contribution >= 0.6 is 0 Å². The normalized spacial score (nSPS) is 13.8. The van der Waals surface area contributed by atoms with Crippen molar-refractivity contribution in [1.82, 2.24) is 0 Å². The lowest BCUT2D eigenvalue weighted by atomic mass is 9.79. The Bertz CT molecular complexity index is 1120. The van der Waals surface area contributed by atoms with Gasteiger partial charge in [0.1, 0.15) is 11.5 Å². The van der Waals surface area contributed by atoms with Gasteiger partial charge >= 0.3 is 48.2 Å². The zero-order chi connectivity index (χ0) is 37.4. The zero-order valence-electron chi connectivity index (χ0n) is 24.7. The monoisotopic (exact) mass is 736 g/mol. The van der Waals surface area contributed by atoms with Crippen LogP contribution in [-0.2, 0) is 4.79 Å². The number of ether oxygens (including phenoxy) is 2. The first-order valence-corrected chi connectivity index (χ1v) is 14.1. The second-order valence-electron chi connectivity index (χ2n) is 10.5. The van der Waals surface area contributed by atoms with Gasteiger partial charge in [-0.1, -0.05) is 64.7 Å². The molecule has 0 saturated heterocycles. The summed E-state index contributed by atoms with van der Waals surface area (Å²) in [6.07, 6.45) is -30.8. The van der Waals surface area contributed by atoms with E-state index in [1.807, 2.05) is 0 Å². The minimum Gasteiger partial charge on any atom is -0.452 e. The molecule has 0 aliphatic rings. The molecule has 0 heterocycles. The highest BCUT2D eigenvalue weighted by Gasteiger charge is 2.88. The molecule has 278 valence electrons. The lowest BCUT2D eigenvalue weighted by Gasteiger charge is -2.41. The van der Waals surface area contributed by atoms with E-state index < -0.39 is 71.0 Å². The molecule has 0 saturated carbocycles. The lowest BCUT2D eigenvalue weighted by molar-refractivity contribution is -0.365. The molecule has 0 radical (unpaired) electrons. The number of esters is 1. The summed E-state index contributed by atoms with van der Waals surface area (Å²) in [5.74, 6) is -7.86. The largest absolute Gasteiger partial charge is 0.452 e. The van der Waals surface area contributed by atoms with Gasteiger partial charge in [-0.3, -0.25) is 4.79 Å². The van der Waals surface area contributed by atoms with Gasteiger partial charge in [-0.25, -0.2) is 8.78 Å². The molecule has 0 unspecified atom stereocenters. The third-order valence-corrected chi connectivity index (χ3v) is 6.75. The van der Waals surface area contributed by atoms with Crippen LogP contribution in [0.4, 0.5) is 74.6 Å². The Morgan fingerprint density at radius 1 is 0.500 bits per heavy atom. The predicted octanol–water partition coefficient (Wildman–Crippen LogP) is 11.8. The third kappa shape index (κ3) is 10.5. The quantitative estimate of drug-likeness (QED) is 0.0557. The summed E-state index contributed by atoms with van der Waals surface area (Å²) in [6.45, 7) is 2.08. The number of hydrogen-bond donors (Lipinski definition) is 0. The van der Waals surface area contributed by atoms with Gasteiger partial charge < -0.3 is 9.47 Å². The van der Waals surface area contributed by atoms with Crippen LogP contribution < -0.4 is 9.47 Å². The van der Waals surface area contributed by atoms with E-state index in [1.54, 1.807) is 0 Å². The Labute approximate surface area is 262 Å². The van der Waals surface area contributed by atoms with Crippen LogP contribution in [0.1, 0.15) is 77.6 Å². The van der Waals surface area contributed by atoms with E-state index in [9.17, 15) is 79.4 Å². The minimum atomic E-state index is -8.27. The fraction of sp³-hybridized carbons (Fsp3) is 0.679. The standard InChI is InChI=1S/C28H29F17O3/c1-2-3-4-5-6-7-8-9-10-11-12-19(46)47-17-13-15-18(16-14-17)48-21(24(31,32)33)20(22(29,25(34,35)36)26(37,38)39)23(30,27(40,41)42)28(43,44)45/h13-16H,2-12H2,1H3. The van der Waals surface area contributed by atoms with Crippen molar-refractivity contribution >= 4 is 5.97 Å². The maximum atomic E-state index is 14.8. The molecule has 3 nitrogen and oxygen atoms in total. The molecule has 48 heavy (non-hydrogen) atoms. The summed E-state index contributed by atoms with van der Waals surface area (Å²) in [6, 6.07) is 1.06. The second kappa shape index (κ2) is 16.2. The average Bonchev–Trinajstić information content (AvgIpc) is 2.91. The van der Waals surface area contributed by atoms with Crippen LogP contribution in [0.3, 0.4) is 0 Å².